The number of benzene rings is 1. The highest BCUT2D eigenvalue weighted by Gasteiger charge is 2.34. The Kier molecular flexibility index (Phi) is 4.28. The third-order valence-electron chi connectivity index (χ3n) is 1.80. The Morgan fingerprint density at radius 1 is 1.28 bits per heavy atom. The number of rotatable bonds is 2. The molecule has 0 bridgehead atoms. The SMILES string of the molecule is NC(N)=NN=Cc1c(C(F)(F)F)ccc(Br)c1F. The first-order valence-corrected chi connectivity index (χ1v) is 5.20. The monoisotopic (exact) mass is 326 g/mol. The summed E-state index contributed by atoms with van der Waals surface area (Å²) in [5, 5.41) is 6.28. The molecule has 4 nitrogen and oxygen atoms in total. The van der Waals surface area contributed by atoms with Gasteiger partial charge in [-0.2, -0.15) is 18.3 Å². The number of nitrogens with two attached hydrogens (primary N) is 2. The summed E-state index contributed by atoms with van der Waals surface area (Å²) in [5.74, 6) is -1.55. The Labute approximate surface area is 107 Å². The first-order chi connectivity index (χ1) is 8.23. The maximum Gasteiger partial charge on any atom is 0.417 e. The van der Waals surface area contributed by atoms with Gasteiger partial charge in [-0.1, -0.05) is 0 Å². The van der Waals surface area contributed by atoms with E-state index in [9.17, 15) is 17.6 Å². The van der Waals surface area contributed by atoms with Gasteiger partial charge in [0.15, 0.2) is 0 Å². The van der Waals surface area contributed by atoms with Gasteiger partial charge in [0.25, 0.3) is 0 Å². The molecule has 0 fully saturated rings. The molecule has 0 radical (unpaired) electrons. The molecule has 0 heterocycles. The average Bonchev–Trinajstić information content (AvgIpc) is 2.22. The number of hydrogen-bond donors (Lipinski definition) is 2. The zero-order chi connectivity index (χ0) is 13.9. The minimum absolute atomic E-state index is 0.123. The van der Waals surface area contributed by atoms with Gasteiger partial charge in [0, 0.05) is 5.56 Å². The summed E-state index contributed by atoms with van der Waals surface area (Å²) < 4.78 is 51.3. The van der Waals surface area contributed by atoms with Crippen LogP contribution in [0.1, 0.15) is 11.1 Å². The van der Waals surface area contributed by atoms with Crippen LogP contribution in [-0.4, -0.2) is 12.2 Å². The molecular formula is C9H7BrF4N4. The van der Waals surface area contributed by atoms with Gasteiger partial charge in [0.1, 0.15) is 5.82 Å². The first-order valence-electron chi connectivity index (χ1n) is 4.40. The maximum atomic E-state index is 13.6. The van der Waals surface area contributed by atoms with Crippen LogP contribution in [0.25, 0.3) is 0 Å². The third-order valence-corrected chi connectivity index (χ3v) is 2.41. The van der Waals surface area contributed by atoms with Gasteiger partial charge in [-0.25, -0.2) is 4.39 Å². The van der Waals surface area contributed by atoms with E-state index in [1.165, 1.54) is 0 Å². The van der Waals surface area contributed by atoms with Crippen LogP contribution in [-0.2, 0) is 6.18 Å². The van der Waals surface area contributed by atoms with Crippen molar-refractivity contribution in [2.24, 2.45) is 21.7 Å². The van der Waals surface area contributed by atoms with E-state index >= 15 is 0 Å². The molecular weight excluding hydrogens is 320 g/mol. The Morgan fingerprint density at radius 3 is 2.39 bits per heavy atom. The summed E-state index contributed by atoms with van der Waals surface area (Å²) in [6, 6.07) is 1.68. The van der Waals surface area contributed by atoms with Gasteiger partial charge in [-0.3, -0.25) is 0 Å². The summed E-state index contributed by atoms with van der Waals surface area (Å²) in [6.45, 7) is 0. The smallest absolute Gasteiger partial charge is 0.369 e. The lowest BCUT2D eigenvalue weighted by Crippen LogP contribution is -2.21. The summed E-state index contributed by atoms with van der Waals surface area (Å²) in [5.41, 5.74) is 7.96. The Hall–Kier alpha value is -1.64. The molecule has 0 amide bonds. The number of alkyl halides is 3. The number of halogens is 5. The van der Waals surface area contributed by atoms with Crippen molar-refractivity contribution in [2.45, 2.75) is 6.18 Å². The van der Waals surface area contributed by atoms with Gasteiger partial charge < -0.3 is 11.5 Å². The zero-order valence-corrected chi connectivity index (χ0v) is 10.3. The third kappa shape index (κ3) is 3.42. The Morgan fingerprint density at radius 2 is 1.89 bits per heavy atom. The Bertz CT molecular complexity index is 506. The average molecular weight is 327 g/mol. The van der Waals surface area contributed by atoms with Crippen molar-refractivity contribution in [2.75, 3.05) is 0 Å². The highest BCUT2D eigenvalue weighted by Crippen LogP contribution is 2.34. The highest BCUT2D eigenvalue weighted by molar-refractivity contribution is 9.10. The van der Waals surface area contributed by atoms with Crippen molar-refractivity contribution in [3.05, 3.63) is 33.5 Å². The van der Waals surface area contributed by atoms with E-state index in [-0.39, 0.29) is 4.47 Å². The lowest BCUT2D eigenvalue weighted by Gasteiger charge is -2.11. The molecule has 0 aliphatic carbocycles. The van der Waals surface area contributed by atoms with Gasteiger partial charge in [0.2, 0.25) is 5.96 Å². The molecule has 0 spiro atoms. The van der Waals surface area contributed by atoms with Gasteiger partial charge in [-0.15, -0.1) is 5.10 Å². The van der Waals surface area contributed by atoms with Crippen molar-refractivity contribution in [1.82, 2.24) is 0 Å². The molecule has 0 aromatic heterocycles. The lowest BCUT2D eigenvalue weighted by molar-refractivity contribution is -0.137. The predicted octanol–water partition coefficient (Wildman–Crippen LogP) is 2.21. The molecule has 0 aliphatic heterocycles. The molecule has 4 N–H and O–H groups in total. The van der Waals surface area contributed by atoms with Crippen molar-refractivity contribution >= 4 is 28.1 Å². The van der Waals surface area contributed by atoms with E-state index < -0.39 is 29.1 Å². The second-order valence-electron chi connectivity index (χ2n) is 3.09. The molecule has 0 unspecified atom stereocenters. The van der Waals surface area contributed by atoms with Crippen LogP contribution in [0, 0.1) is 5.82 Å². The van der Waals surface area contributed by atoms with Crippen LogP contribution < -0.4 is 11.5 Å². The lowest BCUT2D eigenvalue weighted by atomic mass is 10.1. The van der Waals surface area contributed by atoms with Gasteiger partial charge >= 0.3 is 6.18 Å². The molecule has 1 aromatic carbocycles. The summed E-state index contributed by atoms with van der Waals surface area (Å²) in [4.78, 5) is 0. The van der Waals surface area contributed by atoms with Crippen molar-refractivity contribution < 1.29 is 17.6 Å². The normalized spacial score (nSPS) is 11.8. The summed E-state index contributed by atoms with van der Waals surface area (Å²) >= 11 is 2.78. The van der Waals surface area contributed by atoms with E-state index in [1.807, 2.05) is 0 Å². The second-order valence-corrected chi connectivity index (χ2v) is 3.94. The molecule has 98 valence electrons. The van der Waals surface area contributed by atoms with E-state index in [0.29, 0.717) is 6.21 Å². The molecule has 0 atom stereocenters. The molecule has 0 saturated carbocycles. The van der Waals surface area contributed by atoms with Crippen LogP contribution in [0.2, 0.25) is 0 Å². The Balaban J connectivity index is 3.35. The fourth-order valence-electron chi connectivity index (χ4n) is 1.09. The van der Waals surface area contributed by atoms with Crippen molar-refractivity contribution in [3.8, 4) is 0 Å². The molecule has 9 heteroatoms. The van der Waals surface area contributed by atoms with E-state index in [2.05, 4.69) is 26.1 Å². The van der Waals surface area contributed by atoms with Crippen LogP contribution in [0.5, 0.6) is 0 Å². The minimum Gasteiger partial charge on any atom is -0.369 e. The quantitative estimate of drug-likeness (QED) is 0.378. The standard InChI is InChI=1S/C9H7BrF4N4/c10-6-2-1-5(9(12,13)14)4(7(6)11)3-17-18-8(15)16/h1-3H,(H4,15,16,18). The fraction of sp³-hybridized carbons (Fsp3) is 0.111. The summed E-state index contributed by atoms with van der Waals surface area (Å²) in [6.07, 6.45) is -4.11. The molecule has 18 heavy (non-hydrogen) atoms. The van der Waals surface area contributed by atoms with Gasteiger partial charge in [-0.05, 0) is 28.1 Å². The van der Waals surface area contributed by atoms with Crippen molar-refractivity contribution in [3.63, 3.8) is 0 Å². The van der Waals surface area contributed by atoms with Crippen LogP contribution in [0.3, 0.4) is 0 Å². The topological polar surface area (TPSA) is 76.8 Å². The van der Waals surface area contributed by atoms with Crippen LogP contribution in [0.4, 0.5) is 17.6 Å². The predicted molar refractivity (Wildman–Crippen MR) is 62.5 cm³/mol. The largest absolute Gasteiger partial charge is 0.417 e. The number of hydrogen-bond acceptors (Lipinski definition) is 2. The summed E-state index contributed by atoms with van der Waals surface area (Å²) in [7, 11) is 0. The van der Waals surface area contributed by atoms with Crippen LogP contribution >= 0.6 is 15.9 Å². The second kappa shape index (κ2) is 5.34. The molecule has 0 saturated heterocycles. The van der Waals surface area contributed by atoms with E-state index in [0.717, 1.165) is 12.1 Å². The first kappa shape index (κ1) is 14.4. The van der Waals surface area contributed by atoms with E-state index in [4.69, 9.17) is 11.5 Å². The minimum atomic E-state index is -4.71. The van der Waals surface area contributed by atoms with Crippen LogP contribution in [0.15, 0.2) is 26.8 Å². The fourth-order valence-corrected chi connectivity index (χ4v) is 1.44. The van der Waals surface area contributed by atoms with Crippen molar-refractivity contribution in [1.29, 1.82) is 0 Å². The molecule has 0 aliphatic rings. The molecule has 1 aromatic rings. The zero-order valence-electron chi connectivity index (χ0n) is 8.67. The molecule has 1 rings (SSSR count). The van der Waals surface area contributed by atoms with E-state index in [1.54, 1.807) is 0 Å². The number of nitrogens with zero attached hydrogens (tertiary/aromatic N) is 2. The highest BCUT2D eigenvalue weighted by atomic mass is 79.9. The number of guanidine groups is 1. The van der Waals surface area contributed by atoms with Gasteiger partial charge in [0.05, 0.1) is 16.3 Å². The maximum absolute atomic E-state index is 13.6.